The molecule has 0 saturated carbocycles. The normalized spacial score (nSPS) is 11.9. The SMILES string of the molecule is FC(F)Oc1cn[c]c(C(F)(F)F)c1. The zero-order chi connectivity index (χ0) is 10.8. The molecule has 0 amide bonds. The van der Waals surface area contributed by atoms with Crippen molar-refractivity contribution in [3.8, 4) is 5.75 Å². The third-order valence-electron chi connectivity index (χ3n) is 1.19. The van der Waals surface area contributed by atoms with Crippen molar-refractivity contribution < 1.29 is 26.7 Å². The molecule has 2 nitrogen and oxygen atoms in total. The Hall–Kier alpha value is -1.40. The molecule has 1 aromatic heterocycles. The van der Waals surface area contributed by atoms with Gasteiger partial charge in [0, 0.05) is 0 Å². The van der Waals surface area contributed by atoms with Crippen molar-refractivity contribution >= 4 is 0 Å². The minimum atomic E-state index is -4.67. The number of alkyl halides is 5. The number of nitrogens with zero attached hydrogens (tertiary/aromatic N) is 1. The molecule has 0 aromatic carbocycles. The molecule has 0 aliphatic heterocycles. The molecule has 0 aliphatic carbocycles. The Labute approximate surface area is 75.3 Å². The van der Waals surface area contributed by atoms with Crippen LogP contribution in [0.1, 0.15) is 5.56 Å². The monoisotopic (exact) mass is 212 g/mol. The summed E-state index contributed by atoms with van der Waals surface area (Å²) in [5, 5.41) is 0. The second kappa shape index (κ2) is 3.77. The van der Waals surface area contributed by atoms with Gasteiger partial charge in [0.25, 0.3) is 0 Å². The number of pyridine rings is 1. The molecule has 0 bridgehead atoms. The summed E-state index contributed by atoms with van der Waals surface area (Å²) in [5.74, 6) is -0.647. The first-order valence-corrected chi connectivity index (χ1v) is 3.29. The summed E-state index contributed by atoms with van der Waals surface area (Å²) in [7, 11) is 0. The van der Waals surface area contributed by atoms with Crippen LogP contribution in [0.25, 0.3) is 0 Å². The van der Waals surface area contributed by atoms with Gasteiger partial charge < -0.3 is 4.74 Å². The van der Waals surface area contributed by atoms with Crippen molar-refractivity contribution in [2.45, 2.75) is 12.8 Å². The van der Waals surface area contributed by atoms with E-state index in [-0.39, 0.29) is 0 Å². The third-order valence-corrected chi connectivity index (χ3v) is 1.19. The summed E-state index contributed by atoms with van der Waals surface area (Å²) in [6.45, 7) is -3.18. The van der Waals surface area contributed by atoms with Crippen LogP contribution in [0.5, 0.6) is 5.75 Å². The smallest absolute Gasteiger partial charge is 0.418 e. The molecule has 7 heteroatoms. The van der Waals surface area contributed by atoms with Gasteiger partial charge in [-0.25, -0.2) is 0 Å². The molecule has 1 radical (unpaired) electrons. The van der Waals surface area contributed by atoms with Gasteiger partial charge in [0.1, 0.15) is 11.9 Å². The second-order valence-electron chi connectivity index (χ2n) is 2.21. The summed E-state index contributed by atoms with van der Waals surface area (Å²) in [4.78, 5) is 3.00. The molecule has 0 fully saturated rings. The van der Waals surface area contributed by atoms with Crippen LogP contribution in [-0.2, 0) is 6.18 Å². The number of halogens is 5. The second-order valence-corrected chi connectivity index (χ2v) is 2.21. The van der Waals surface area contributed by atoms with Crippen LogP contribution >= 0.6 is 0 Å². The van der Waals surface area contributed by atoms with E-state index in [2.05, 4.69) is 9.72 Å². The highest BCUT2D eigenvalue weighted by atomic mass is 19.4. The molecule has 1 aromatic rings. The lowest BCUT2D eigenvalue weighted by atomic mass is 10.3. The van der Waals surface area contributed by atoms with Crippen LogP contribution in [0.4, 0.5) is 22.0 Å². The molecular formula is C7H3F5NO. The fraction of sp³-hybridized carbons (Fsp3) is 0.286. The van der Waals surface area contributed by atoms with Gasteiger partial charge in [-0.15, -0.1) is 0 Å². The van der Waals surface area contributed by atoms with Crippen LogP contribution in [-0.4, -0.2) is 11.6 Å². The Morgan fingerprint density at radius 1 is 1.36 bits per heavy atom. The first-order valence-electron chi connectivity index (χ1n) is 3.29. The van der Waals surface area contributed by atoms with Crippen molar-refractivity contribution in [3.05, 3.63) is 24.0 Å². The van der Waals surface area contributed by atoms with Gasteiger partial charge in [0.2, 0.25) is 0 Å². The van der Waals surface area contributed by atoms with E-state index in [9.17, 15) is 22.0 Å². The molecule has 1 heterocycles. The zero-order valence-electron chi connectivity index (χ0n) is 6.48. The maximum Gasteiger partial charge on any atom is 0.418 e. The summed E-state index contributed by atoms with van der Waals surface area (Å²) in [5.41, 5.74) is -1.25. The van der Waals surface area contributed by atoms with Gasteiger partial charge in [0.15, 0.2) is 0 Å². The highest BCUT2D eigenvalue weighted by molar-refractivity contribution is 5.24. The van der Waals surface area contributed by atoms with E-state index in [4.69, 9.17) is 0 Å². The van der Waals surface area contributed by atoms with Crippen LogP contribution in [0.2, 0.25) is 0 Å². The number of rotatable bonds is 2. The molecule has 77 valence electrons. The van der Waals surface area contributed by atoms with E-state index in [1.807, 2.05) is 0 Å². The Balaban J connectivity index is 2.90. The Bertz CT molecular complexity index is 311. The van der Waals surface area contributed by atoms with Gasteiger partial charge in [-0.2, -0.15) is 22.0 Å². The predicted molar refractivity (Wildman–Crippen MR) is 34.7 cm³/mol. The van der Waals surface area contributed by atoms with E-state index in [1.54, 1.807) is 6.20 Å². The number of hydrogen-bond donors (Lipinski definition) is 0. The molecule has 0 spiro atoms. The lowest BCUT2D eigenvalue weighted by Crippen LogP contribution is -2.08. The Morgan fingerprint density at radius 2 is 2.00 bits per heavy atom. The lowest BCUT2D eigenvalue weighted by Gasteiger charge is -2.07. The first-order chi connectivity index (χ1) is 6.39. The van der Waals surface area contributed by atoms with E-state index >= 15 is 0 Å². The summed E-state index contributed by atoms with van der Waals surface area (Å²) in [6, 6.07) is 0.402. The van der Waals surface area contributed by atoms with Crippen molar-refractivity contribution in [2.75, 3.05) is 0 Å². The topological polar surface area (TPSA) is 22.1 Å². The van der Waals surface area contributed by atoms with Crippen LogP contribution in [0, 0.1) is 6.20 Å². The predicted octanol–water partition coefficient (Wildman–Crippen LogP) is 2.50. The molecule has 14 heavy (non-hydrogen) atoms. The quantitative estimate of drug-likeness (QED) is 0.702. The van der Waals surface area contributed by atoms with Gasteiger partial charge in [-0.1, -0.05) is 0 Å². The number of hydrogen-bond acceptors (Lipinski definition) is 2. The van der Waals surface area contributed by atoms with Crippen molar-refractivity contribution in [2.24, 2.45) is 0 Å². The van der Waals surface area contributed by atoms with Gasteiger partial charge >= 0.3 is 12.8 Å². The average molecular weight is 212 g/mol. The minimum Gasteiger partial charge on any atom is -0.433 e. The maximum absolute atomic E-state index is 12.0. The zero-order valence-corrected chi connectivity index (χ0v) is 6.48. The van der Waals surface area contributed by atoms with E-state index in [0.29, 0.717) is 6.07 Å². The fourth-order valence-corrected chi connectivity index (χ4v) is 0.690. The van der Waals surface area contributed by atoms with Crippen LogP contribution in [0.3, 0.4) is 0 Å². The van der Waals surface area contributed by atoms with Crippen molar-refractivity contribution in [1.82, 2.24) is 4.98 Å². The van der Waals surface area contributed by atoms with Crippen molar-refractivity contribution in [1.29, 1.82) is 0 Å². The molecule has 0 aliphatic rings. The average Bonchev–Trinajstić information content (AvgIpc) is 2.01. The standard InChI is InChI=1S/C7H3F5NO/c8-6(9)14-5-1-4(2-13-3-5)7(10,11)12/h1,3,6H. The van der Waals surface area contributed by atoms with Crippen molar-refractivity contribution in [3.63, 3.8) is 0 Å². The molecule has 1 rings (SSSR count). The lowest BCUT2D eigenvalue weighted by molar-refractivity contribution is -0.138. The van der Waals surface area contributed by atoms with Crippen LogP contribution in [0.15, 0.2) is 12.3 Å². The van der Waals surface area contributed by atoms with Gasteiger partial charge in [0.05, 0.1) is 11.8 Å². The molecule has 0 saturated heterocycles. The molecular weight excluding hydrogens is 209 g/mol. The highest BCUT2D eigenvalue weighted by Crippen LogP contribution is 2.30. The highest BCUT2D eigenvalue weighted by Gasteiger charge is 2.31. The Kier molecular flexibility index (Phi) is 2.87. The Morgan fingerprint density at radius 3 is 2.50 bits per heavy atom. The molecule has 0 N–H and O–H groups in total. The van der Waals surface area contributed by atoms with Gasteiger partial charge in [-0.05, 0) is 6.07 Å². The summed E-state index contributed by atoms with van der Waals surface area (Å²) < 4.78 is 62.9. The first kappa shape index (κ1) is 10.7. The fourth-order valence-electron chi connectivity index (χ4n) is 0.690. The number of aromatic nitrogens is 1. The van der Waals surface area contributed by atoms with E-state index < -0.39 is 24.1 Å². The van der Waals surface area contributed by atoms with Crippen LogP contribution < -0.4 is 4.74 Å². The van der Waals surface area contributed by atoms with E-state index in [0.717, 1.165) is 6.20 Å². The molecule has 0 atom stereocenters. The minimum absolute atomic E-state index is 0.402. The number of ether oxygens (including phenoxy) is 1. The molecule has 0 unspecified atom stereocenters. The summed E-state index contributed by atoms with van der Waals surface area (Å²) in [6.07, 6.45) is -2.33. The maximum atomic E-state index is 12.0. The largest absolute Gasteiger partial charge is 0.433 e. The summed E-state index contributed by atoms with van der Waals surface area (Å²) >= 11 is 0. The van der Waals surface area contributed by atoms with Gasteiger partial charge in [-0.3, -0.25) is 4.98 Å². The van der Waals surface area contributed by atoms with E-state index in [1.165, 1.54) is 0 Å². The third kappa shape index (κ3) is 2.82.